The zero-order valence-corrected chi connectivity index (χ0v) is 13.7. The Morgan fingerprint density at radius 3 is 2.83 bits per heavy atom. The van der Waals surface area contributed by atoms with E-state index in [9.17, 15) is 23.1 Å². The van der Waals surface area contributed by atoms with Gasteiger partial charge in [0.25, 0.3) is 0 Å². The first-order valence-corrected chi connectivity index (χ1v) is 8.97. The molecule has 126 valence electrons. The fourth-order valence-electron chi connectivity index (χ4n) is 3.40. The van der Waals surface area contributed by atoms with E-state index in [2.05, 4.69) is 5.21 Å². The number of fused-ring (bicyclic) bond motifs is 1. The lowest BCUT2D eigenvalue weighted by molar-refractivity contribution is -0.755. The topological polar surface area (TPSA) is 113 Å². The molecule has 0 unspecified atom stereocenters. The molecule has 3 rings (SSSR count). The molecular formula is C13H19N4O5S+. The van der Waals surface area contributed by atoms with Gasteiger partial charge < -0.3 is 10.0 Å². The molecule has 10 heteroatoms. The van der Waals surface area contributed by atoms with Gasteiger partial charge in [0.05, 0.1) is 11.6 Å². The highest BCUT2D eigenvalue weighted by molar-refractivity contribution is 7.93. The lowest BCUT2D eigenvalue weighted by Crippen LogP contribution is -2.58. The zero-order valence-electron chi connectivity index (χ0n) is 12.9. The number of nitrogens with zero attached hydrogens (tertiary/aromatic N) is 4. The van der Waals surface area contributed by atoms with Crippen LogP contribution in [0.25, 0.3) is 0 Å². The zero-order chi connectivity index (χ0) is 17.0. The summed E-state index contributed by atoms with van der Waals surface area (Å²) in [5.74, 6) is -1.74. The van der Waals surface area contributed by atoms with Crippen LogP contribution >= 0.6 is 0 Å². The number of carbonyl (C=O) groups is 2. The molecule has 0 aliphatic carbocycles. The number of aromatic nitrogens is 3. The third-order valence-corrected chi connectivity index (χ3v) is 7.38. The van der Waals surface area contributed by atoms with Gasteiger partial charge in [-0.1, -0.05) is 6.92 Å². The minimum Gasteiger partial charge on any atom is -0.480 e. The van der Waals surface area contributed by atoms with E-state index in [-0.39, 0.29) is 13.0 Å². The first-order valence-electron chi connectivity index (χ1n) is 7.43. The van der Waals surface area contributed by atoms with Gasteiger partial charge in [-0.25, -0.2) is 13.2 Å². The Bertz CT molecular complexity index is 773. The lowest BCUT2D eigenvalue weighted by atomic mass is 9.96. The average molecular weight is 343 g/mol. The second kappa shape index (κ2) is 5.02. The number of sulfone groups is 1. The summed E-state index contributed by atoms with van der Waals surface area (Å²) in [6.07, 6.45) is 4.06. The van der Waals surface area contributed by atoms with Crippen LogP contribution in [0.4, 0.5) is 0 Å². The number of β-lactam (4-membered cyclic amide) rings is 1. The van der Waals surface area contributed by atoms with E-state index in [0.29, 0.717) is 6.54 Å². The van der Waals surface area contributed by atoms with Gasteiger partial charge in [0, 0.05) is 0 Å². The number of aliphatic carboxylic acids is 1. The van der Waals surface area contributed by atoms with Crippen molar-refractivity contribution in [1.82, 2.24) is 14.8 Å². The van der Waals surface area contributed by atoms with Crippen LogP contribution in [0.1, 0.15) is 26.7 Å². The Balaban J connectivity index is 1.99. The molecule has 2 fully saturated rings. The van der Waals surface area contributed by atoms with Gasteiger partial charge in [-0.2, -0.15) is 0 Å². The molecule has 0 bridgehead atoms. The third kappa shape index (κ3) is 2.07. The fourth-order valence-corrected chi connectivity index (χ4v) is 5.76. The number of rotatable bonds is 5. The second-order valence-electron chi connectivity index (χ2n) is 6.21. The SMILES string of the molecule is CCC[n+]1ccn(C[C@]2(C)[C@@H](C(=O)O)N3C(=O)C[C@H]3S2(=O)=O)n1. The van der Waals surface area contributed by atoms with Crippen LogP contribution in [0.5, 0.6) is 0 Å². The first kappa shape index (κ1) is 15.9. The summed E-state index contributed by atoms with van der Waals surface area (Å²) >= 11 is 0. The maximum absolute atomic E-state index is 12.8. The highest BCUT2D eigenvalue weighted by Crippen LogP contribution is 2.46. The average Bonchev–Trinajstić information content (AvgIpc) is 2.92. The van der Waals surface area contributed by atoms with Crippen molar-refractivity contribution < 1.29 is 27.8 Å². The van der Waals surface area contributed by atoms with Gasteiger partial charge in [0.2, 0.25) is 5.91 Å². The Kier molecular flexibility index (Phi) is 3.47. The minimum absolute atomic E-state index is 0.108. The van der Waals surface area contributed by atoms with E-state index in [4.69, 9.17) is 0 Å². The molecule has 0 radical (unpaired) electrons. The van der Waals surface area contributed by atoms with E-state index in [1.807, 2.05) is 6.92 Å². The highest BCUT2D eigenvalue weighted by Gasteiger charge is 2.70. The molecule has 2 aliphatic rings. The Labute approximate surface area is 133 Å². The minimum atomic E-state index is -3.80. The van der Waals surface area contributed by atoms with Crippen LogP contribution in [0.2, 0.25) is 0 Å². The van der Waals surface area contributed by atoms with Gasteiger partial charge in [0.1, 0.15) is 23.2 Å². The molecule has 1 N–H and O–H groups in total. The quantitative estimate of drug-likeness (QED) is 0.529. The number of hydrogen-bond acceptors (Lipinski definition) is 5. The summed E-state index contributed by atoms with van der Waals surface area (Å²) in [7, 11) is -3.80. The normalized spacial score (nSPS) is 31.7. The van der Waals surface area contributed by atoms with Crippen molar-refractivity contribution in [3.05, 3.63) is 12.4 Å². The van der Waals surface area contributed by atoms with E-state index in [0.717, 1.165) is 11.3 Å². The maximum Gasteiger partial charge on any atom is 0.328 e. The van der Waals surface area contributed by atoms with Crippen molar-refractivity contribution in [1.29, 1.82) is 0 Å². The molecule has 2 saturated heterocycles. The molecule has 0 aromatic carbocycles. The van der Waals surface area contributed by atoms with E-state index in [1.54, 1.807) is 17.1 Å². The van der Waals surface area contributed by atoms with Crippen molar-refractivity contribution in [2.45, 2.75) is 55.9 Å². The van der Waals surface area contributed by atoms with E-state index in [1.165, 1.54) is 11.6 Å². The van der Waals surface area contributed by atoms with Crippen molar-refractivity contribution in [2.75, 3.05) is 0 Å². The van der Waals surface area contributed by atoms with Crippen LogP contribution < -0.4 is 4.68 Å². The van der Waals surface area contributed by atoms with E-state index >= 15 is 0 Å². The Hall–Kier alpha value is -1.97. The third-order valence-electron chi connectivity index (χ3n) is 4.62. The molecule has 2 aliphatic heterocycles. The molecule has 0 spiro atoms. The monoisotopic (exact) mass is 343 g/mol. The summed E-state index contributed by atoms with van der Waals surface area (Å²) in [5.41, 5.74) is 0. The molecule has 1 amide bonds. The molecular weight excluding hydrogens is 324 g/mol. The number of amides is 1. The van der Waals surface area contributed by atoms with Crippen molar-refractivity contribution in [3.8, 4) is 0 Å². The standard InChI is InChI=1S/C13H18N4O5S/c1-3-4-15-5-6-16(14-15)8-13(2)11(12(19)20)17-9(18)7-10(17)23(13,21)22/h5-6,10-11H,3-4,7-8H2,1-2H3/p+1/t10-,11-,13-/m1/s1. The fraction of sp³-hybridized carbons (Fsp3) is 0.692. The van der Waals surface area contributed by atoms with Crippen molar-refractivity contribution in [3.63, 3.8) is 0 Å². The summed E-state index contributed by atoms with van der Waals surface area (Å²) in [5, 5.41) is 12.7. The van der Waals surface area contributed by atoms with Crippen molar-refractivity contribution in [2.24, 2.45) is 0 Å². The summed E-state index contributed by atoms with van der Waals surface area (Å²) in [6, 6.07) is -1.39. The molecule has 1 aromatic rings. The van der Waals surface area contributed by atoms with Gasteiger partial charge in [-0.3, -0.25) is 4.79 Å². The molecule has 3 heterocycles. The lowest BCUT2D eigenvalue weighted by Gasteiger charge is -2.35. The Morgan fingerprint density at radius 1 is 1.57 bits per heavy atom. The smallest absolute Gasteiger partial charge is 0.328 e. The molecule has 1 aromatic heterocycles. The van der Waals surface area contributed by atoms with Crippen LogP contribution in [0, 0.1) is 0 Å². The van der Waals surface area contributed by atoms with Gasteiger partial charge in [-0.15, -0.1) is 9.36 Å². The summed E-state index contributed by atoms with van der Waals surface area (Å²) in [6.45, 7) is 3.96. The molecule has 3 atom stereocenters. The van der Waals surface area contributed by atoms with Crippen LogP contribution in [0.3, 0.4) is 0 Å². The maximum atomic E-state index is 12.8. The van der Waals surface area contributed by atoms with Gasteiger partial charge >= 0.3 is 5.97 Å². The van der Waals surface area contributed by atoms with E-state index < -0.39 is 37.9 Å². The Morgan fingerprint density at radius 2 is 2.26 bits per heavy atom. The number of aryl methyl sites for hydroxylation is 1. The van der Waals surface area contributed by atoms with Crippen LogP contribution in [-0.2, 0) is 32.5 Å². The number of carbonyl (C=O) groups excluding carboxylic acids is 1. The number of carboxylic acids is 1. The molecule has 23 heavy (non-hydrogen) atoms. The van der Waals surface area contributed by atoms with Crippen LogP contribution in [0.15, 0.2) is 12.4 Å². The largest absolute Gasteiger partial charge is 0.480 e. The summed E-state index contributed by atoms with van der Waals surface area (Å²) < 4.78 is 27.0. The molecule has 0 saturated carbocycles. The number of carboxylic acid groups (broad SMARTS) is 1. The van der Waals surface area contributed by atoms with Gasteiger partial charge in [0.15, 0.2) is 28.3 Å². The summed E-state index contributed by atoms with van der Waals surface area (Å²) in [4.78, 5) is 24.3. The van der Waals surface area contributed by atoms with Gasteiger partial charge in [-0.05, 0) is 13.3 Å². The first-order chi connectivity index (χ1) is 10.7. The predicted molar refractivity (Wildman–Crippen MR) is 76.7 cm³/mol. The van der Waals surface area contributed by atoms with Crippen LogP contribution in [-0.4, -0.2) is 56.4 Å². The van der Waals surface area contributed by atoms with Crippen molar-refractivity contribution >= 4 is 21.7 Å². The predicted octanol–water partition coefficient (Wildman–Crippen LogP) is -1.22. The second-order valence-corrected chi connectivity index (χ2v) is 8.77. The molecule has 9 nitrogen and oxygen atoms in total. The highest BCUT2D eigenvalue weighted by atomic mass is 32.2. The number of hydrogen-bond donors (Lipinski definition) is 1.